The maximum absolute atomic E-state index is 12.4. The van der Waals surface area contributed by atoms with E-state index in [2.05, 4.69) is 9.44 Å². The maximum atomic E-state index is 12.4. The van der Waals surface area contributed by atoms with Gasteiger partial charge in [-0.15, -0.1) is 0 Å². The van der Waals surface area contributed by atoms with Crippen molar-refractivity contribution in [2.45, 2.75) is 62.4 Å². The molecule has 1 aliphatic rings. The van der Waals surface area contributed by atoms with Gasteiger partial charge in [0.2, 0.25) is 20.0 Å². The summed E-state index contributed by atoms with van der Waals surface area (Å²) >= 11 is 0. The van der Waals surface area contributed by atoms with Crippen LogP contribution in [-0.2, 0) is 20.0 Å². The molecule has 25 heavy (non-hydrogen) atoms. The monoisotopic (exact) mass is 389 g/mol. The number of anilines is 1. The Bertz CT molecular complexity index is 753. The van der Waals surface area contributed by atoms with E-state index in [1.54, 1.807) is 0 Å². The molecule has 4 N–H and O–H groups in total. The summed E-state index contributed by atoms with van der Waals surface area (Å²) < 4.78 is 53.8. The number of unbranched alkanes of at least 4 members (excludes halogenated alkanes) is 1. The van der Waals surface area contributed by atoms with Gasteiger partial charge in [-0.2, -0.15) is 0 Å². The van der Waals surface area contributed by atoms with Gasteiger partial charge in [-0.3, -0.25) is 4.72 Å². The Morgan fingerprint density at radius 1 is 1.04 bits per heavy atom. The lowest BCUT2D eigenvalue weighted by atomic mass is 9.93. The van der Waals surface area contributed by atoms with E-state index in [-0.39, 0.29) is 22.7 Å². The molecule has 1 aliphatic carbocycles. The average molecular weight is 390 g/mol. The lowest BCUT2D eigenvalue weighted by Crippen LogP contribution is -2.40. The summed E-state index contributed by atoms with van der Waals surface area (Å²) in [4.78, 5) is 0.124. The van der Waals surface area contributed by atoms with E-state index in [1.807, 2.05) is 6.92 Å². The van der Waals surface area contributed by atoms with Crippen molar-refractivity contribution in [2.75, 3.05) is 10.5 Å². The van der Waals surface area contributed by atoms with Gasteiger partial charge in [0.1, 0.15) is 0 Å². The molecular weight excluding hydrogens is 362 g/mol. The van der Waals surface area contributed by atoms with E-state index < -0.39 is 20.0 Å². The van der Waals surface area contributed by atoms with E-state index in [4.69, 9.17) is 5.73 Å². The Morgan fingerprint density at radius 3 is 2.20 bits per heavy atom. The SMILES string of the molecule is CCCCS(=O)(=O)Nc1ccc(S(=O)(=O)NC2CCC(N)CC2)cc1. The Hall–Kier alpha value is -1.16. The van der Waals surface area contributed by atoms with Crippen LogP contribution in [0.25, 0.3) is 0 Å². The molecule has 0 amide bonds. The third-order valence-corrected chi connectivity index (χ3v) is 7.21. The largest absolute Gasteiger partial charge is 0.328 e. The molecule has 7 nitrogen and oxygen atoms in total. The van der Waals surface area contributed by atoms with Crippen LogP contribution in [0.4, 0.5) is 5.69 Å². The van der Waals surface area contributed by atoms with Crippen molar-refractivity contribution in [3.8, 4) is 0 Å². The second kappa shape index (κ2) is 8.48. The van der Waals surface area contributed by atoms with Crippen LogP contribution in [0.2, 0.25) is 0 Å². The highest BCUT2D eigenvalue weighted by Gasteiger charge is 2.24. The van der Waals surface area contributed by atoms with Crippen LogP contribution in [0.15, 0.2) is 29.2 Å². The fourth-order valence-electron chi connectivity index (χ4n) is 2.79. The van der Waals surface area contributed by atoms with Crippen LogP contribution in [0.1, 0.15) is 45.4 Å². The van der Waals surface area contributed by atoms with E-state index in [0.29, 0.717) is 12.1 Å². The minimum absolute atomic E-state index is 0.0505. The number of sulfonamides is 2. The normalized spacial score (nSPS) is 21.8. The zero-order valence-electron chi connectivity index (χ0n) is 14.4. The summed E-state index contributed by atoms with van der Waals surface area (Å²) in [6, 6.07) is 5.81. The first-order valence-electron chi connectivity index (χ1n) is 8.60. The van der Waals surface area contributed by atoms with Crippen molar-refractivity contribution >= 4 is 25.7 Å². The fraction of sp³-hybridized carbons (Fsp3) is 0.625. The van der Waals surface area contributed by atoms with Gasteiger partial charge in [0.05, 0.1) is 10.6 Å². The van der Waals surface area contributed by atoms with Gasteiger partial charge in [-0.1, -0.05) is 13.3 Å². The van der Waals surface area contributed by atoms with E-state index in [0.717, 1.165) is 32.1 Å². The van der Waals surface area contributed by atoms with Crippen LogP contribution >= 0.6 is 0 Å². The topological polar surface area (TPSA) is 118 Å². The van der Waals surface area contributed by atoms with E-state index >= 15 is 0 Å². The molecule has 2 rings (SSSR count). The van der Waals surface area contributed by atoms with Crippen LogP contribution in [0, 0.1) is 0 Å². The third-order valence-electron chi connectivity index (χ3n) is 4.30. The van der Waals surface area contributed by atoms with Crippen LogP contribution in [0.3, 0.4) is 0 Å². The minimum Gasteiger partial charge on any atom is -0.328 e. The predicted molar refractivity (Wildman–Crippen MR) is 99.3 cm³/mol. The molecule has 0 radical (unpaired) electrons. The Morgan fingerprint density at radius 2 is 1.64 bits per heavy atom. The van der Waals surface area contributed by atoms with Gasteiger partial charge in [0.25, 0.3) is 0 Å². The molecular formula is C16H27N3O4S2. The molecule has 1 fully saturated rings. The van der Waals surface area contributed by atoms with Gasteiger partial charge in [-0.25, -0.2) is 21.6 Å². The average Bonchev–Trinajstić information content (AvgIpc) is 2.55. The van der Waals surface area contributed by atoms with Gasteiger partial charge >= 0.3 is 0 Å². The molecule has 0 saturated heterocycles. The first-order chi connectivity index (χ1) is 11.7. The number of nitrogens with one attached hydrogen (secondary N) is 2. The van der Waals surface area contributed by atoms with Crippen molar-refractivity contribution in [2.24, 2.45) is 5.73 Å². The third kappa shape index (κ3) is 6.25. The maximum Gasteiger partial charge on any atom is 0.240 e. The van der Waals surface area contributed by atoms with Crippen molar-refractivity contribution in [3.05, 3.63) is 24.3 Å². The summed E-state index contributed by atoms with van der Waals surface area (Å²) in [7, 11) is -7.02. The molecule has 0 spiro atoms. The Balaban J connectivity index is 2.00. The zero-order valence-corrected chi connectivity index (χ0v) is 16.1. The van der Waals surface area contributed by atoms with Crippen molar-refractivity contribution < 1.29 is 16.8 Å². The molecule has 9 heteroatoms. The summed E-state index contributed by atoms with van der Waals surface area (Å²) in [6.07, 6.45) is 4.45. The molecule has 1 aromatic rings. The second-order valence-corrected chi connectivity index (χ2v) is 10.1. The molecule has 0 heterocycles. The van der Waals surface area contributed by atoms with Crippen LogP contribution in [-0.4, -0.2) is 34.7 Å². The van der Waals surface area contributed by atoms with Crippen molar-refractivity contribution in [1.29, 1.82) is 0 Å². The molecule has 0 aliphatic heterocycles. The van der Waals surface area contributed by atoms with Gasteiger partial charge in [0.15, 0.2) is 0 Å². The van der Waals surface area contributed by atoms with Gasteiger partial charge < -0.3 is 5.73 Å². The quantitative estimate of drug-likeness (QED) is 0.626. The van der Waals surface area contributed by atoms with E-state index in [1.165, 1.54) is 24.3 Å². The molecule has 1 aromatic carbocycles. The molecule has 0 atom stereocenters. The molecule has 0 unspecified atom stereocenters. The highest BCUT2D eigenvalue weighted by atomic mass is 32.2. The highest BCUT2D eigenvalue weighted by Crippen LogP contribution is 2.21. The van der Waals surface area contributed by atoms with Crippen LogP contribution in [0.5, 0.6) is 0 Å². The summed E-state index contributed by atoms with van der Waals surface area (Å²) in [5.41, 5.74) is 6.20. The lowest BCUT2D eigenvalue weighted by molar-refractivity contribution is 0.373. The molecule has 0 bridgehead atoms. The molecule has 0 aromatic heterocycles. The highest BCUT2D eigenvalue weighted by molar-refractivity contribution is 7.92. The standard InChI is InChI=1S/C16H27N3O4S2/c1-2-3-12-24(20,21)18-14-8-10-16(11-9-14)25(22,23)19-15-6-4-13(17)5-7-15/h8-11,13,15,18-19H,2-7,12,17H2,1H3. The molecule has 1 saturated carbocycles. The summed E-state index contributed by atoms with van der Waals surface area (Å²) in [5, 5.41) is 0. The van der Waals surface area contributed by atoms with Crippen molar-refractivity contribution in [1.82, 2.24) is 4.72 Å². The smallest absolute Gasteiger partial charge is 0.240 e. The number of benzene rings is 1. The number of nitrogens with two attached hydrogens (primary N) is 1. The first kappa shape index (κ1) is 20.2. The molecule has 142 valence electrons. The summed E-state index contributed by atoms with van der Waals surface area (Å²) in [5.74, 6) is 0.0505. The predicted octanol–water partition coefficient (Wildman–Crippen LogP) is 1.78. The Kier molecular flexibility index (Phi) is 6.84. The first-order valence-corrected chi connectivity index (χ1v) is 11.7. The van der Waals surface area contributed by atoms with Gasteiger partial charge in [-0.05, 0) is 56.4 Å². The van der Waals surface area contributed by atoms with Crippen LogP contribution < -0.4 is 15.2 Å². The zero-order chi connectivity index (χ0) is 18.5. The second-order valence-electron chi connectivity index (χ2n) is 6.53. The number of hydrogen-bond acceptors (Lipinski definition) is 5. The Labute approximate surface area is 150 Å². The lowest BCUT2D eigenvalue weighted by Gasteiger charge is -2.26. The van der Waals surface area contributed by atoms with Gasteiger partial charge in [0, 0.05) is 17.8 Å². The number of rotatable bonds is 8. The summed E-state index contributed by atoms with van der Waals surface area (Å²) in [6.45, 7) is 1.92. The van der Waals surface area contributed by atoms with Crippen molar-refractivity contribution in [3.63, 3.8) is 0 Å². The number of hydrogen-bond donors (Lipinski definition) is 3. The fourth-order valence-corrected chi connectivity index (χ4v) is 5.36. The minimum atomic E-state index is -3.62. The van der Waals surface area contributed by atoms with E-state index in [9.17, 15) is 16.8 Å².